The molecule has 0 saturated carbocycles. The SMILES string of the molecule is CN(Cc1ccccc1)S(=O)(=O)c1ccc(NC(=O)CN2CCN(c3ncccn3)CC2)cc1. The van der Waals surface area contributed by atoms with Crippen molar-refractivity contribution in [3.63, 3.8) is 0 Å². The lowest BCUT2D eigenvalue weighted by molar-refractivity contribution is -0.117. The quantitative estimate of drug-likeness (QED) is 0.527. The molecule has 0 bridgehead atoms. The van der Waals surface area contributed by atoms with Crippen LogP contribution in [0.4, 0.5) is 11.6 Å². The summed E-state index contributed by atoms with van der Waals surface area (Å²) in [5.74, 6) is 0.567. The molecule has 1 aliphatic rings. The molecule has 4 rings (SSSR count). The Bertz CT molecular complexity index is 1180. The van der Waals surface area contributed by atoms with E-state index in [0.717, 1.165) is 31.7 Å². The molecule has 0 radical (unpaired) electrons. The zero-order chi connectivity index (χ0) is 24.0. The molecule has 0 unspecified atom stereocenters. The van der Waals surface area contributed by atoms with Crippen LogP contribution in [0.2, 0.25) is 0 Å². The minimum Gasteiger partial charge on any atom is -0.338 e. The zero-order valence-electron chi connectivity index (χ0n) is 19.0. The van der Waals surface area contributed by atoms with Crippen molar-refractivity contribution in [2.24, 2.45) is 0 Å². The molecule has 1 fully saturated rings. The largest absolute Gasteiger partial charge is 0.338 e. The van der Waals surface area contributed by atoms with Gasteiger partial charge in [0.15, 0.2) is 0 Å². The van der Waals surface area contributed by atoms with Gasteiger partial charge in [-0.3, -0.25) is 9.69 Å². The Morgan fingerprint density at radius 3 is 2.24 bits per heavy atom. The highest BCUT2D eigenvalue weighted by atomic mass is 32.2. The van der Waals surface area contributed by atoms with E-state index in [-0.39, 0.29) is 23.9 Å². The van der Waals surface area contributed by atoms with E-state index in [1.165, 1.54) is 16.4 Å². The fraction of sp³-hybridized carbons (Fsp3) is 0.292. The molecule has 178 valence electrons. The first-order valence-corrected chi connectivity index (χ1v) is 12.5. The van der Waals surface area contributed by atoms with Crippen LogP contribution in [-0.4, -0.2) is 73.3 Å². The molecule has 0 atom stereocenters. The molecule has 3 aromatic rings. The highest BCUT2D eigenvalue weighted by molar-refractivity contribution is 7.89. The van der Waals surface area contributed by atoms with E-state index in [9.17, 15) is 13.2 Å². The van der Waals surface area contributed by atoms with Crippen LogP contribution < -0.4 is 10.2 Å². The molecule has 1 amide bonds. The van der Waals surface area contributed by atoms with E-state index < -0.39 is 10.0 Å². The molecule has 1 aromatic heterocycles. The van der Waals surface area contributed by atoms with Gasteiger partial charge in [-0.15, -0.1) is 0 Å². The van der Waals surface area contributed by atoms with E-state index in [1.807, 2.05) is 30.3 Å². The number of aromatic nitrogens is 2. The second-order valence-corrected chi connectivity index (χ2v) is 10.2. The highest BCUT2D eigenvalue weighted by Gasteiger charge is 2.22. The lowest BCUT2D eigenvalue weighted by atomic mass is 10.2. The third-order valence-corrected chi connectivity index (χ3v) is 7.49. The van der Waals surface area contributed by atoms with Crippen LogP contribution in [0.25, 0.3) is 0 Å². The van der Waals surface area contributed by atoms with Crippen molar-refractivity contribution in [2.45, 2.75) is 11.4 Å². The number of piperazine rings is 1. The van der Waals surface area contributed by atoms with Crippen molar-refractivity contribution < 1.29 is 13.2 Å². The number of benzene rings is 2. The number of anilines is 2. The van der Waals surface area contributed by atoms with Crippen molar-refractivity contribution in [2.75, 3.05) is 50.0 Å². The monoisotopic (exact) mass is 480 g/mol. The van der Waals surface area contributed by atoms with Gasteiger partial charge in [-0.25, -0.2) is 18.4 Å². The highest BCUT2D eigenvalue weighted by Crippen LogP contribution is 2.19. The third kappa shape index (κ3) is 5.96. The van der Waals surface area contributed by atoms with E-state index in [4.69, 9.17) is 0 Å². The standard InChI is InChI=1S/C24H28N6O3S/c1-28(18-20-6-3-2-4-7-20)34(32,33)22-10-8-21(9-11-22)27-23(31)19-29-14-16-30(17-15-29)24-25-12-5-13-26-24/h2-13H,14-19H2,1H3,(H,27,31). The summed E-state index contributed by atoms with van der Waals surface area (Å²) < 4.78 is 27.1. The number of hydrogen-bond acceptors (Lipinski definition) is 7. The number of nitrogens with zero attached hydrogens (tertiary/aromatic N) is 5. The van der Waals surface area contributed by atoms with Gasteiger partial charge in [0.1, 0.15) is 0 Å². The van der Waals surface area contributed by atoms with E-state index in [0.29, 0.717) is 11.6 Å². The normalized spacial score (nSPS) is 14.8. The van der Waals surface area contributed by atoms with Crippen LogP contribution in [0, 0.1) is 0 Å². The molecule has 0 spiro atoms. The number of carbonyl (C=O) groups is 1. The summed E-state index contributed by atoms with van der Waals surface area (Å²) in [6.07, 6.45) is 3.44. The predicted molar refractivity (Wildman–Crippen MR) is 131 cm³/mol. The summed E-state index contributed by atoms with van der Waals surface area (Å²) in [5.41, 5.74) is 1.47. The predicted octanol–water partition coefficient (Wildman–Crippen LogP) is 2.06. The van der Waals surface area contributed by atoms with E-state index >= 15 is 0 Å². The number of nitrogens with one attached hydrogen (secondary N) is 1. The molecule has 34 heavy (non-hydrogen) atoms. The average molecular weight is 481 g/mol. The van der Waals surface area contributed by atoms with Gasteiger partial charge >= 0.3 is 0 Å². The maximum atomic E-state index is 12.9. The molecule has 1 N–H and O–H groups in total. The summed E-state index contributed by atoms with van der Waals surface area (Å²) >= 11 is 0. The van der Waals surface area contributed by atoms with Crippen LogP contribution >= 0.6 is 0 Å². The van der Waals surface area contributed by atoms with Crippen LogP contribution in [0.1, 0.15) is 5.56 Å². The number of amides is 1. The van der Waals surface area contributed by atoms with Crippen LogP contribution in [-0.2, 0) is 21.4 Å². The summed E-state index contributed by atoms with van der Waals surface area (Å²) in [5, 5.41) is 2.85. The van der Waals surface area contributed by atoms with Crippen molar-refractivity contribution >= 4 is 27.6 Å². The fourth-order valence-corrected chi connectivity index (χ4v) is 4.94. The Morgan fingerprint density at radius 2 is 1.59 bits per heavy atom. The third-order valence-electron chi connectivity index (χ3n) is 5.67. The van der Waals surface area contributed by atoms with Crippen LogP contribution in [0.15, 0.2) is 78.0 Å². The Kier molecular flexibility index (Phi) is 7.51. The van der Waals surface area contributed by atoms with E-state index in [1.54, 1.807) is 37.6 Å². The Balaban J connectivity index is 1.28. The Hall–Kier alpha value is -3.34. The first-order valence-electron chi connectivity index (χ1n) is 11.1. The summed E-state index contributed by atoms with van der Waals surface area (Å²) in [6.45, 7) is 3.52. The first-order chi connectivity index (χ1) is 16.4. The molecular formula is C24H28N6O3S. The molecule has 9 nitrogen and oxygen atoms in total. The number of sulfonamides is 1. The Morgan fingerprint density at radius 1 is 0.941 bits per heavy atom. The zero-order valence-corrected chi connectivity index (χ0v) is 19.9. The van der Waals surface area contributed by atoms with Crippen molar-refractivity contribution in [3.8, 4) is 0 Å². The minimum atomic E-state index is -3.64. The second kappa shape index (κ2) is 10.7. The Labute approximate surface area is 200 Å². The number of rotatable bonds is 8. The van der Waals surface area contributed by atoms with E-state index in [2.05, 4.69) is 25.1 Å². The van der Waals surface area contributed by atoms with Gasteiger partial charge < -0.3 is 10.2 Å². The lowest BCUT2D eigenvalue weighted by Crippen LogP contribution is -2.49. The molecule has 0 aliphatic carbocycles. The van der Waals surface area contributed by atoms with Crippen molar-refractivity contribution in [1.29, 1.82) is 0 Å². The molecule has 10 heteroatoms. The number of carbonyl (C=O) groups excluding carboxylic acids is 1. The lowest BCUT2D eigenvalue weighted by Gasteiger charge is -2.34. The van der Waals surface area contributed by atoms with Crippen LogP contribution in [0.3, 0.4) is 0 Å². The minimum absolute atomic E-state index is 0.138. The van der Waals surface area contributed by atoms with Gasteiger partial charge in [-0.1, -0.05) is 30.3 Å². The van der Waals surface area contributed by atoms with Gasteiger partial charge in [0.2, 0.25) is 21.9 Å². The van der Waals surface area contributed by atoms with Gasteiger partial charge in [-0.2, -0.15) is 4.31 Å². The smallest absolute Gasteiger partial charge is 0.243 e. The summed E-state index contributed by atoms with van der Waals surface area (Å²) in [7, 11) is -2.08. The summed E-state index contributed by atoms with van der Waals surface area (Å²) in [4.78, 5) is 25.4. The molecule has 2 heterocycles. The summed E-state index contributed by atoms with van der Waals surface area (Å²) in [6, 6.07) is 17.5. The first kappa shape index (κ1) is 23.8. The number of hydrogen-bond donors (Lipinski definition) is 1. The average Bonchev–Trinajstić information content (AvgIpc) is 2.86. The molecular weight excluding hydrogens is 452 g/mol. The van der Waals surface area contributed by atoms with Gasteiger partial charge in [0.05, 0.1) is 11.4 Å². The van der Waals surface area contributed by atoms with Gasteiger partial charge in [0.25, 0.3) is 0 Å². The second-order valence-electron chi connectivity index (χ2n) is 8.13. The maximum Gasteiger partial charge on any atom is 0.243 e. The van der Waals surface area contributed by atoms with Crippen molar-refractivity contribution in [3.05, 3.63) is 78.6 Å². The fourth-order valence-electron chi connectivity index (χ4n) is 3.78. The topological polar surface area (TPSA) is 98.7 Å². The van der Waals surface area contributed by atoms with Gasteiger partial charge in [0, 0.05) is 57.9 Å². The molecule has 1 aliphatic heterocycles. The van der Waals surface area contributed by atoms with Crippen molar-refractivity contribution in [1.82, 2.24) is 19.2 Å². The maximum absolute atomic E-state index is 12.9. The molecule has 2 aromatic carbocycles. The molecule has 1 saturated heterocycles. The van der Waals surface area contributed by atoms with Gasteiger partial charge in [-0.05, 0) is 35.9 Å². The van der Waals surface area contributed by atoms with Crippen LogP contribution in [0.5, 0.6) is 0 Å².